The maximum Gasteiger partial charge on any atom is 0.182 e. The second kappa shape index (κ2) is 4.94. The van der Waals surface area contributed by atoms with Crippen molar-refractivity contribution in [3.8, 4) is 11.5 Å². The molecule has 0 unspecified atom stereocenters. The molecule has 2 aromatic heterocycles. The van der Waals surface area contributed by atoms with Crippen molar-refractivity contribution in [1.82, 2.24) is 15.0 Å². The van der Waals surface area contributed by atoms with E-state index in [2.05, 4.69) is 15.0 Å². The number of nitrogens with zero attached hydrogens (tertiary/aromatic N) is 3. The standard InChI is InChI=1S/C10H5Cl4N3/c1-4-8(13)16-10(17-9(4)14)7-6(12)2-5(11)3-15-7/h2-3H,1H3. The van der Waals surface area contributed by atoms with Crippen molar-refractivity contribution in [2.45, 2.75) is 6.92 Å². The maximum atomic E-state index is 6.00. The van der Waals surface area contributed by atoms with Gasteiger partial charge in [-0.25, -0.2) is 15.0 Å². The van der Waals surface area contributed by atoms with Gasteiger partial charge in [-0.15, -0.1) is 0 Å². The first-order chi connectivity index (χ1) is 7.99. The van der Waals surface area contributed by atoms with E-state index in [1.165, 1.54) is 6.20 Å². The number of aromatic nitrogens is 3. The summed E-state index contributed by atoms with van der Waals surface area (Å²) < 4.78 is 0. The van der Waals surface area contributed by atoms with Gasteiger partial charge in [0, 0.05) is 11.8 Å². The summed E-state index contributed by atoms with van der Waals surface area (Å²) in [5.74, 6) is 0.271. The minimum atomic E-state index is 0.271. The molecule has 0 aromatic carbocycles. The van der Waals surface area contributed by atoms with E-state index < -0.39 is 0 Å². The van der Waals surface area contributed by atoms with Crippen molar-refractivity contribution < 1.29 is 0 Å². The van der Waals surface area contributed by atoms with Crippen molar-refractivity contribution >= 4 is 46.4 Å². The molecule has 3 nitrogen and oxygen atoms in total. The molecule has 0 bridgehead atoms. The Kier molecular flexibility index (Phi) is 3.73. The second-order valence-corrected chi connectivity index (χ2v) is 4.80. The Morgan fingerprint density at radius 1 is 1.00 bits per heavy atom. The average molecular weight is 309 g/mol. The van der Waals surface area contributed by atoms with Crippen molar-refractivity contribution in [3.05, 3.63) is 38.2 Å². The molecular formula is C10H5Cl4N3. The molecule has 0 N–H and O–H groups in total. The van der Waals surface area contributed by atoms with Crippen molar-refractivity contribution in [2.75, 3.05) is 0 Å². The molecule has 0 aliphatic heterocycles. The lowest BCUT2D eigenvalue weighted by Crippen LogP contribution is -1.96. The Hall–Kier alpha value is -0.610. The van der Waals surface area contributed by atoms with Crippen LogP contribution in [0.4, 0.5) is 0 Å². The molecule has 0 saturated heterocycles. The van der Waals surface area contributed by atoms with Gasteiger partial charge in [-0.1, -0.05) is 46.4 Å². The highest BCUT2D eigenvalue weighted by atomic mass is 35.5. The second-order valence-electron chi connectivity index (χ2n) is 3.24. The van der Waals surface area contributed by atoms with E-state index in [0.29, 0.717) is 21.3 Å². The van der Waals surface area contributed by atoms with Crippen LogP contribution in [0.2, 0.25) is 20.4 Å². The largest absolute Gasteiger partial charge is 0.250 e. The lowest BCUT2D eigenvalue weighted by molar-refractivity contribution is 1.11. The van der Waals surface area contributed by atoms with Gasteiger partial charge in [0.25, 0.3) is 0 Å². The summed E-state index contributed by atoms with van der Waals surface area (Å²) >= 11 is 23.6. The zero-order chi connectivity index (χ0) is 12.6. The molecule has 0 atom stereocenters. The van der Waals surface area contributed by atoms with Crippen molar-refractivity contribution in [2.24, 2.45) is 0 Å². The number of pyridine rings is 1. The van der Waals surface area contributed by atoms with E-state index in [1.54, 1.807) is 13.0 Å². The van der Waals surface area contributed by atoms with Gasteiger partial charge in [0.05, 0.1) is 10.0 Å². The highest BCUT2D eigenvalue weighted by Gasteiger charge is 2.13. The predicted molar refractivity (Wildman–Crippen MR) is 70.0 cm³/mol. The molecule has 7 heteroatoms. The van der Waals surface area contributed by atoms with Crippen molar-refractivity contribution in [1.29, 1.82) is 0 Å². The Bertz CT molecular complexity index is 563. The van der Waals surface area contributed by atoms with Crippen LogP contribution in [-0.4, -0.2) is 15.0 Å². The van der Waals surface area contributed by atoms with Crippen LogP contribution in [0, 0.1) is 6.92 Å². The SMILES string of the molecule is Cc1c(Cl)nc(-c2ncc(Cl)cc2Cl)nc1Cl. The third-order valence-corrected chi connectivity index (χ3v) is 3.28. The van der Waals surface area contributed by atoms with Crippen LogP contribution >= 0.6 is 46.4 Å². The molecular weight excluding hydrogens is 304 g/mol. The smallest absolute Gasteiger partial charge is 0.182 e. The van der Waals surface area contributed by atoms with E-state index in [-0.39, 0.29) is 16.1 Å². The van der Waals surface area contributed by atoms with Gasteiger partial charge in [0.1, 0.15) is 16.0 Å². The lowest BCUT2D eigenvalue weighted by atomic mass is 10.3. The molecule has 17 heavy (non-hydrogen) atoms. The molecule has 0 saturated carbocycles. The fourth-order valence-corrected chi connectivity index (χ4v) is 2.00. The average Bonchev–Trinajstić information content (AvgIpc) is 2.25. The minimum absolute atomic E-state index is 0.271. The summed E-state index contributed by atoms with van der Waals surface area (Å²) in [6, 6.07) is 1.55. The van der Waals surface area contributed by atoms with Crippen LogP contribution in [-0.2, 0) is 0 Å². The van der Waals surface area contributed by atoms with E-state index >= 15 is 0 Å². The molecule has 0 radical (unpaired) electrons. The summed E-state index contributed by atoms with van der Waals surface area (Å²) in [6.45, 7) is 1.73. The van der Waals surface area contributed by atoms with Crippen molar-refractivity contribution in [3.63, 3.8) is 0 Å². The molecule has 0 aliphatic carbocycles. The molecule has 2 aromatic rings. The molecule has 88 valence electrons. The molecule has 0 aliphatic rings. The van der Waals surface area contributed by atoms with Gasteiger partial charge in [-0.05, 0) is 13.0 Å². The fourth-order valence-electron chi connectivity index (χ4n) is 1.15. The van der Waals surface area contributed by atoms with Crippen LogP contribution in [0.3, 0.4) is 0 Å². The van der Waals surface area contributed by atoms with E-state index in [4.69, 9.17) is 46.4 Å². The number of rotatable bonds is 1. The van der Waals surface area contributed by atoms with Gasteiger partial charge in [0.2, 0.25) is 0 Å². The van der Waals surface area contributed by atoms with Gasteiger partial charge in [0.15, 0.2) is 5.82 Å². The Labute approximate surface area is 118 Å². The predicted octanol–water partition coefficient (Wildman–Crippen LogP) is 4.46. The van der Waals surface area contributed by atoms with Gasteiger partial charge in [-0.3, -0.25) is 0 Å². The first-order valence-corrected chi connectivity index (χ1v) is 6.01. The Morgan fingerprint density at radius 2 is 1.59 bits per heavy atom. The highest BCUT2D eigenvalue weighted by Crippen LogP contribution is 2.29. The van der Waals surface area contributed by atoms with Crippen LogP contribution in [0.1, 0.15) is 5.56 Å². The van der Waals surface area contributed by atoms with Gasteiger partial charge < -0.3 is 0 Å². The van der Waals surface area contributed by atoms with Crippen LogP contribution in [0.25, 0.3) is 11.5 Å². The third kappa shape index (κ3) is 2.63. The first-order valence-electron chi connectivity index (χ1n) is 4.50. The molecule has 2 heterocycles. The highest BCUT2D eigenvalue weighted by molar-refractivity contribution is 6.36. The topological polar surface area (TPSA) is 38.7 Å². The van der Waals surface area contributed by atoms with E-state index in [9.17, 15) is 0 Å². The quantitative estimate of drug-likeness (QED) is 0.730. The summed E-state index contributed by atoms with van der Waals surface area (Å²) in [6.07, 6.45) is 1.45. The van der Waals surface area contributed by atoms with Gasteiger partial charge >= 0.3 is 0 Å². The lowest BCUT2D eigenvalue weighted by Gasteiger charge is -2.05. The first kappa shape index (κ1) is 12.8. The van der Waals surface area contributed by atoms with Gasteiger partial charge in [-0.2, -0.15) is 0 Å². The summed E-state index contributed by atoms with van der Waals surface area (Å²) in [4.78, 5) is 12.2. The number of hydrogen-bond donors (Lipinski definition) is 0. The summed E-state index contributed by atoms with van der Waals surface area (Å²) in [5.41, 5.74) is 1.00. The summed E-state index contributed by atoms with van der Waals surface area (Å²) in [5, 5.41) is 1.32. The molecule has 0 amide bonds. The van der Waals surface area contributed by atoms with Crippen LogP contribution < -0.4 is 0 Å². The van der Waals surface area contributed by atoms with E-state index in [0.717, 1.165) is 0 Å². The van der Waals surface area contributed by atoms with Crippen LogP contribution in [0.15, 0.2) is 12.3 Å². The Balaban J connectivity index is 2.61. The summed E-state index contributed by atoms with van der Waals surface area (Å²) in [7, 11) is 0. The third-order valence-electron chi connectivity index (χ3n) is 2.05. The number of hydrogen-bond acceptors (Lipinski definition) is 3. The Morgan fingerprint density at radius 3 is 2.12 bits per heavy atom. The number of halogens is 4. The minimum Gasteiger partial charge on any atom is -0.250 e. The fraction of sp³-hybridized carbons (Fsp3) is 0.100. The zero-order valence-electron chi connectivity index (χ0n) is 8.51. The normalized spacial score (nSPS) is 10.6. The van der Waals surface area contributed by atoms with E-state index in [1.807, 2.05) is 0 Å². The molecule has 0 fully saturated rings. The maximum absolute atomic E-state index is 6.00. The monoisotopic (exact) mass is 307 g/mol. The molecule has 2 rings (SSSR count). The molecule has 0 spiro atoms. The zero-order valence-corrected chi connectivity index (χ0v) is 11.5. The van der Waals surface area contributed by atoms with Crippen LogP contribution in [0.5, 0.6) is 0 Å².